The molecule has 0 saturated carbocycles. The lowest BCUT2D eigenvalue weighted by molar-refractivity contribution is -0.116. The summed E-state index contributed by atoms with van der Waals surface area (Å²) in [7, 11) is 0. The Bertz CT molecular complexity index is 986. The number of carbonyl (C=O) groups is 2. The topological polar surface area (TPSA) is 58.2 Å². The fourth-order valence-electron chi connectivity index (χ4n) is 3.06. The highest BCUT2D eigenvalue weighted by molar-refractivity contribution is 8.00. The summed E-state index contributed by atoms with van der Waals surface area (Å²) in [5, 5.41) is 5.55. The van der Waals surface area contributed by atoms with Crippen LogP contribution in [0.3, 0.4) is 0 Å². The molecule has 3 aromatic rings. The van der Waals surface area contributed by atoms with Gasteiger partial charge in [-0.1, -0.05) is 61.4 Å². The van der Waals surface area contributed by atoms with Gasteiger partial charge in [0.25, 0.3) is 0 Å². The van der Waals surface area contributed by atoms with Crippen LogP contribution in [0.2, 0.25) is 0 Å². The van der Waals surface area contributed by atoms with E-state index >= 15 is 0 Å². The first-order chi connectivity index (χ1) is 15.0. The number of nitrogens with one attached hydrogen (secondary N) is 2. The molecule has 2 amide bonds. The second-order valence-electron chi connectivity index (χ2n) is 7.44. The van der Waals surface area contributed by atoms with Crippen LogP contribution < -0.4 is 10.6 Å². The number of thioether (sulfide) groups is 1. The zero-order valence-electron chi connectivity index (χ0n) is 17.9. The first-order valence-corrected chi connectivity index (χ1v) is 11.4. The molecule has 160 valence electrons. The van der Waals surface area contributed by atoms with Gasteiger partial charge in [0.15, 0.2) is 0 Å². The maximum atomic E-state index is 13.1. The lowest BCUT2D eigenvalue weighted by Gasteiger charge is -2.17. The van der Waals surface area contributed by atoms with Crippen LogP contribution in [0.5, 0.6) is 0 Å². The van der Waals surface area contributed by atoms with Gasteiger partial charge in [-0.15, -0.1) is 11.8 Å². The van der Waals surface area contributed by atoms with Crippen LogP contribution in [0, 0.1) is 6.92 Å². The van der Waals surface area contributed by atoms with E-state index in [0.717, 1.165) is 40.2 Å². The maximum Gasteiger partial charge on any atom is 0.242 e. The van der Waals surface area contributed by atoms with E-state index in [-0.39, 0.29) is 11.8 Å². The van der Waals surface area contributed by atoms with Crippen LogP contribution in [0.1, 0.15) is 42.6 Å². The summed E-state index contributed by atoms with van der Waals surface area (Å²) in [6, 6.07) is 25.2. The molecule has 0 fully saturated rings. The highest BCUT2D eigenvalue weighted by atomic mass is 32.2. The minimum absolute atomic E-state index is 0.0295. The van der Waals surface area contributed by atoms with Crippen molar-refractivity contribution < 1.29 is 9.59 Å². The van der Waals surface area contributed by atoms with Gasteiger partial charge in [-0.2, -0.15) is 0 Å². The average molecular weight is 433 g/mol. The molecule has 0 spiro atoms. The number of aryl methyl sites for hydroxylation is 1. The fraction of sp³-hybridized carbons (Fsp3) is 0.231. The standard InChI is InChI=1S/C26H28N2O2S/c1-3-4-10-24(29)27-21-15-17-23(18-16-21)31-25(20-8-6-5-7-9-20)26(30)28-22-13-11-19(2)12-14-22/h5-9,11-18,25H,3-4,10H2,1-2H3,(H,27,29)(H,28,30). The van der Waals surface area contributed by atoms with Gasteiger partial charge in [0, 0.05) is 22.7 Å². The third-order valence-electron chi connectivity index (χ3n) is 4.81. The molecule has 1 unspecified atom stereocenters. The quantitative estimate of drug-likeness (QED) is 0.375. The zero-order valence-corrected chi connectivity index (χ0v) is 18.7. The van der Waals surface area contributed by atoms with E-state index in [2.05, 4.69) is 17.6 Å². The molecule has 2 N–H and O–H groups in total. The molecule has 4 nitrogen and oxygen atoms in total. The predicted molar refractivity (Wildman–Crippen MR) is 129 cm³/mol. The monoisotopic (exact) mass is 432 g/mol. The Hall–Kier alpha value is -3.05. The van der Waals surface area contributed by atoms with Crippen molar-refractivity contribution in [3.8, 4) is 0 Å². The minimum Gasteiger partial charge on any atom is -0.326 e. The molecule has 0 radical (unpaired) electrons. The lowest BCUT2D eigenvalue weighted by atomic mass is 10.1. The van der Waals surface area contributed by atoms with Crippen LogP contribution in [-0.2, 0) is 9.59 Å². The number of unbranched alkanes of at least 4 members (excludes halogenated alkanes) is 1. The van der Waals surface area contributed by atoms with E-state index < -0.39 is 5.25 Å². The van der Waals surface area contributed by atoms with Gasteiger partial charge in [0.2, 0.25) is 11.8 Å². The van der Waals surface area contributed by atoms with Crippen LogP contribution in [0.15, 0.2) is 83.8 Å². The normalized spacial score (nSPS) is 11.5. The first-order valence-electron chi connectivity index (χ1n) is 10.5. The Morgan fingerprint density at radius 1 is 0.839 bits per heavy atom. The Kier molecular flexibility index (Phi) is 8.30. The summed E-state index contributed by atoms with van der Waals surface area (Å²) < 4.78 is 0. The first kappa shape index (κ1) is 22.6. The third-order valence-corrected chi connectivity index (χ3v) is 6.08. The second-order valence-corrected chi connectivity index (χ2v) is 8.62. The van der Waals surface area contributed by atoms with Crippen LogP contribution >= 0.6 is 11.8 Å². The number of amides is 2. The molecule has 5 heteroatoms. The van der Waals surface area contributed by atoms with Crippen LogP contribution in [0.4, 0.5) is 11.4 Å². The van der Waals surface area contributed by atoms with Gasteiger partial charge < -0.3 is 10.6 Å². The summed E-state index contributed by atoms with van der Waals surface area (Å²) >= 11 is 1.49. The van der Waals surface area contributed by atoms with E-state index in [9.17, 15) is 9.59 Å². The predicted octanol–water partition coefficient (Wildman–Crippen LogP) is 6.60. The number of benzene rings is 3. The Balaban J connectivity index is 1.72. The Morgan fingerprint density at radius 3 is 2.10 bits per heavy atom. The molecule has 3 rings (SSSR count). The van der Waals surface area contributed by atoms with Crippen molar-refractivity contribution in [2.45, 2.75) is 43.3 Å². The number of anilines is 2. The maximum absolute atomic E-state index is 13.1. The van der Waals surface area contributed by atoms with Crippen molar-refractivity contribution >= 4 is 35.0 Å². The highest BCUT2D eigenvalue weighted by Crippen LogP contribution is 2.36. The summed E-state index contributed by atoms with van der Waals surface area (Å²) in [6.07, 6.45) is 2.41. The summed E-state index contributed by atoms with van der Waals surface area (Å²) in [5.74, 6) is -0.0427. The van der Waals surface area contributed by atoms with Crippen molar-refractivity contribution in [3.05, 3.63) is 90.0 Å². The van der Waals surface area contributed by atoms with E-state index in [4.69, 9.17) is 0 Å². The minimum atomic E-state index is -0.396. The van der Waals surface area contributed by atoms with Crippen molar-refractivity contribution in [1.29, 1.82) is 0 Å². The fourth-order valence-corrected chi connectivity index (χ4v) is 4.08. The van der Waals surface area contributed by atoms with E-state index in [1.807, 2.05) is 85.8 Å². The highest BCUT2D eigenvalue weighted by Gasteiger charge is 2.22. The average Bonchev–Trinajstić information content (AvgIpc) is 2.79. The number of hydrogen-bond acceptors (Lipinski definition) is 3. The third kappa shape index (κ3) is 7.00. The van der Waals surface area contributed by atoms with E-state index in [1.165, 1.54) is 11.8 Å². The lowest BCUT2D eigenvalue weighted by Crippen LogP contribution is -2.19. The molecular formula is C26H28N2O2S. The van der Waals surface area contributed by atoms with Crippen molar-refractivity contribution in [3.63, 3.8) is 0 Å². The van der Waals surface area contributed by atoms with Gasteiger partial charge in [-0.3, -0.25) is 9.59 Å². The molecule has 0 saturated heterocycles. The van der Waals surface area contributed by atoms with Gasteiger partial charge in [0.05, 0.1) is 0 Å². The molecule has 0 heterocycles. The summed E-state index contributed by atoms with van der Waals surface area (Å²) in [5.41, 5.74) is 3.64. The Morgan fingerprint density at radius 2 is 1.45 bits per heavy atom. The van der Waals surface area contributed by atoms with Crippen molar-refractivity contribution in [2.24, 2.45) is 0 Å². The summed E-state index contributed by atoms with van der Waals surface area (Å²) in [4.78, 5) is 26.0. The van der Waals surface area contributed by atoms with Crippen LogP contribution in [0.25, 0.3) is 0 Å². The van der Waals surface area contributed by atoms with Gasteiger partial charge in [-0.05, 0) is 55.3 Å². The van der Waals surface area contributed by atoms with E-state index in [1.54, 1.807) is 0 Å². The van der Waals surface area contributed by atoms with Crippen molar-refractivity contribution in [1.82, 2.24) is 0 Å². The Labute approximate surface area is 188 Å². The largest absolute Gasteiger partial charge is 0.326 e. The second kappa shape index (κ2) is 11.4. The smallest absolute Gasteiger partial charge is 0.242 e. The number of carbonyl (C=O) groups excluding carboxylic acids is 2. The number of rotatable bonds is 9. The zero-order chi connectivity index (χ0) is 22.1. The molecule has 0 aliphatic carbocycles. The molecule has 0 bridgehead atoms. The summed E-state index contributed by atoms with van der Waals surface area (Å²) in [6.45, 7) is 4.08. The van der Waals surface area contributed by atoms with Gasteiger partial charge in [-0.25, -0.2) is 0 Å². The van der Waals surface area contributed by atoms with Gasteiger partial charge in [0.1, 0.15) is 5.25 Å². The molecule has 0 aliphatic heterocycles. The van der Waals surface area contributed by atoms with Crippen molar-refractivity contribution in [2.75, 3.05) is 10.6 Å². The molecule has 0 aromatic heterocycles. The molecule has 31 heavy (non-hydrogen) atoms. The van der Waals surface area contributed by atoms with E-state index in [0.29, 0.717) is 6.42 Å². The molecular weight excluding hydrogens is 404 g/mol. The van der Waals surface area contributed by atoms with Gasteiger partial charge >= 0.3 is 0 Å². The SMILES string of the molecule is CCCCC(=O)Nc1ccc(SC(C(=O)Nc2ccc(C)cc2)c2ccccc2)cc1. The number of hydrogen-bond donors (Lipinski definition) is 2. The van der Waals surface area contributed by atoms with Crippen LogP contribution in [-0.4, -0.2) is 11.8 Å². The molecule has 1 atom stereocenters. The molecule has 3 aromatic carbocycles. The molecule has 0 aliphatic rings.